The first kappa shape index (κ1) is 27.2. The highest BCUT2D eigenvalue weighted by Crippen LogP contribution is 2.43. The predicted molar refractivity (Wildman–Crippen MR) is 139 cm³/mol. The summed E-state index contributed by atoms with van der Waals surface area (Å²) in [4.78, 5) is 30.0. The Kier molecular flexibility index (Phi) is 9.36. The van der Waals surface area contributed by atoms with Gasteiger partial charge in [-0.05, 0) is 42.4 Å². The Hall–Kier alpha value is -2.38. The third kappa shape index (κ3) is 6.64. The first-order chi connectivity index (χ1) is 16.7. The predicted octanol–water partition coefficient (Wildman–Crippen LogP) is 3.67. The van der Waals surface area contributed by atoms with Crippen LogP contribution in [0.3, 0.4) is 0 Å². The molecule has 2 aliphatic heterocycles. The minimum absolute atomic E-state index is 0.0323. The van der Waals surface area contributed by atoms with Crippen LogP contribution >= 0.6 is 0 Å². The van der Waals surface area contributed by atoms with Crippen molar-refractivity contribution in [3.05, 3.63) is 41.5 Å². The van der Waals surface area contributed by atoms with E-state index in [1.807, 2.05) is 30.0 Å². The van der Waals surface area contributed by atoms with Gasteiger partial charge in [-0.15, -0.1) is 0 Å². The van der Waals surface area contributed by atoms with Crippen LogP contribution in [-0.2, 0) is 16.0 Å². The van der Waals surface area contributed by atoms with Gasteiger partial charge in [-0.1, -0.05) is 51.5 Å². The number of rotatable bonds is 12. The van der Waals surface area contributed by atoms with Crippen molar-refractivity contribution < 1.29 is 19.4 Å². The Morgan fingerprint density at radius 2 is 2.09 bits per heavy atom. The fourth-order valence-corrected chi connectivity index (χ4v) is 5.72. The van der Waals surface area contributed by atoms with E-state index in [1.165, 1.54) is 0 Å². The number of benzene rings is 1. The lowest BCUT2D eigenvalue weighted by atomic mass is 9.77. The molecule has 0 spiro atoms. The Morgan fingerprint density at radius 3 is 2.74 bits per heavy atom. The van der Waals surface area contributed by atoms with Gasteiger partial charge < -0.3 is 20.5 Å². The minimum atomic E-state index is -0.798. The van der Waals surface area contributed by atoms with Crippen LogP contribution in [0, 0.1) is 11.3 Å². The summed E-state index contributed by atoms with van der Waals surface area (Å²) in [7, 11) is 0. The van der Waals surface area contributed by atoms with Crippen molar-refractivity contribution in [2.75, 3.05) is 39.3 Å². The smallest absolute Gasteiger partial charge is 0.308 e. The number of allylic oxidation sites excluding steroid dienone is 2. The number of amides is 1. The molecule has 0 aromatic heterocycles. The second-order valence-corrected chi connectivity index (χ2v) is 10.6. The summed E-state index contributed by atoms with van der Waals surface area (Å²) in [6.45, 7) is 11.4. The van der Waals surface area contributed by atoms with Gasteiger partial charge in [0, 0.05) is 44.6 Å². The van der Waals surface area contributed by atoms with Crippen LogP contribution in [0.25, 0.3) is 0 Å². The third-order valence-corrected chi connectivity index (χ3v) is 7.40. The molecule has 3 rings (SSSR count). The highest BCUT2D eigenvalue weighted by atomic mass is 16.5. The SMILES string of the molecule is CC=CC(C)(C)C[C@H]1C(C(=O)O)[C@@H](c2ccc3c(c2)CCO3)CN1CC(=O)N(CCN)CCCC. The highest BCUT2D eigenvalue weighted by Gasteiger charge is 2.48. The van der Waals surface area contributed by atoms with Gasteiger partial charge in [-0.3, -0.25) is 14.5 Å². The molecule has 1 aromatic carbocycles. The Balaban J connectivity index is 1.92. The number of fused-ring (bicyclic) bond motifs is 1. The lowest BCUT2D eigenvalue weighted by molar-refractivity contribution is -0.144. The van der Waals surface area contributed by atoms with E-state index in [0.29, 0.717) is 39.2 Å². The van der Waals surface area contributed by atoms with Crippen molar-refractivity contribution in [2.24, 2.45) is 17.1 Å². The molecule has 1 saturated heterocycles. The van der Waals surface area contributed by atoms with Crippen LogP contribution in [0.4, 0.5) is 0 Å². The third-order valence-electron chi connectivity index (χ3n) is 7.40. The van der Waals surface area contributed by atoms with Gasteiger partial charge in [0.25, 0.3) is 0 Å². The summed E-state index contributed by atoms with van der Waals surface area (Å²) in [6, 6.07) is 5.84. The van der Waals surface area contributed by atoms with E-state index in [4.69, 9.17) is 10.5 Å². The van der Waals surface area contributed by atoms with Crippen LogP contribution in [0.5, 0.6) is 5.75 Å². The maximum absolute atomic E-state index is 13.4. The summed E-state index contributed by atoms with van der Waals surface area (Å²) < 4.78 is 5.66. The summed E-state index contributed by atoms with van der Waals surface area (Å²) in [6.07, 6.45) is 7.60. The van der Waals surface area contributed by atoms with Gasteiger partial charge in [-0.25, -0.2) is 0 Å². The average molecular weight is 486 g/mol. The molecule has 7 nitrogen and oxygen atoms in total. The molecule has 0 radical (unpaired) electrons. The number of unbranched alkanes of at least 4 members (excludes halogenated alkanes) is 1. The monoisotopic (exact) mass is 485 g/mol. The molecule has 1 aromatic rings. The maximum atomic E-state index is 13.4. The number of aliphatic carboxylic acids is 1. The van der Waals surface area contributed by atoms with E-state index in [2.05, 4.69) is 37.8 Å². The molecule has 0 saturated carbocycles. The average Bonchev–Trinajstić information content (AvgIpc) is 3.40. The summed E-state index contributed by atoms with van der Waals surface area (Å²) in [5, 5.41) is 10.4. The molecule has 0 aliphatic carbocycles. The lowest BCUT2D eigenvalue weighted by Gasteiger charge is -2.34. The molecular formula is C28H43N3O4. The van der Waals surface area contributed by atoms with Gasteiger partial charge >= 0.3 is 5.97 Å². The van der Waals surface area contributed by atoms with Gasteiger partial charge in [-0.2, -0.15) is 0 Å². The molecule has 0 bridgehead atoms. The van der Waals surface area contributed by atoms with E-state index in [9.17, 15) is 14.7 Å². The van der Waals surface area contributed by atoms with Crippen molar-refractivity contribution in [3.8, 4) is 5.75 Å². The van der Waals surface area contributed by atoms with Crippen molar-refractivity contribution in [1.82, 2.24) is 9.80 Å². The van der Waals surface area contributed by atoms with Crippen molar-refractivity contribution in [3.63, 3.8) is 0 Å². The lowest BCUT2D eigenvalue weighted by Crippen LogP contribution is -2.46. The van der Waals surface area contributed by atoms with Gasteiger partial charge in [0.05, 0.1) is 19.1 Å². The van der Waals surface area contributed by atoms with E-state index in [-0.39, 0.29) is 29.8 Å². The normalized spacial score (nSPS) is 22.4. The largest absolute Gasteiger partial charge is 0.493 e. The molecule has 7 heteroatoms. The number of carboxylic acid groups (broad SMARTS) is 1. The molecule has 1 unspecified atom stereocenters. The van der Waals surface area contributed by atoms with Crippen molar-refractivity contribution in [1.29, 1.82) is 0 Å². The summed E-state index contributed by atoms with van der Waals surface area (Å²) in [5.41, 5.74) is 7.77. The highest BCUT2D eigenvalue weighted by molar-refractivity contribution is 5.79. The Labute approximate surface area is 210 Å². The number of nitrogens with two attached hydrogens (primary N) is 1. The number of ether oxygens (including phenoxy) is 1. The van der Waals surface area contributed by atoms with Crippen LogP contribution in [0.15, 0.2) is 30.4 Å². The zero-order valence-electron chi connectivity index (χ0n) is 21.8. The fourth-order valence-electron chi connectivity index (χ4n) is 5.72. The molecule has 3 atom stereocenters. The second kappa shape index (κ2) is 12.0. The number of likely N-dealkylation sites (tertiary alicyclic amines) is 1. The van der Waals surface area contributed by atoms with E-state index >= 15 is 0 Å². The molecule has 2 heterocycles. The van der Waals surface area contributed by atoms with Crippen LogP contribution in [0.2, 0.25) is 0 Å². The quantitative estimate of drug-likeness (QED) is 0.439. The molecule has 1 amide bonds. The number of nitrogens with zero attached hydrogens (tertiary/aromatic N) is 2. The van der Waals surface area contributed by atoms with E-state index < -0.39 is 11.9 Å². The first-order valence-corrected chi connectivity index (χ1v) is 13.0. The van der Waals surface area contributed by atoms with E-state index in [0.717, 1.165) is 36.1 Å². The van der Waals surface area contributed by atoms with Crippen LogP contribution < -0.4 is 10.5 Å². The topological polar surface area (TPSA) is 96.1 Å². The first-order valence-electron chi connectivity index (χ1n) is 13.0. The molecule has 194 valence electrons. The fraction of sp³-hybridized carbons (Fsp3) is 0.643. The van der Waals surface area contributed by atoms with Gasteiger partial charge in [0.15, 0.2) is 0 Å². The molecule has 3 N–H and O–H groups in total. The number of carboxylic acids is 1. The van der Waals surface area contributed by atoms with Gasteiger partial charge in [0.2, 0.25) is 5.91 Å². The molecule has 2 aliphatic rings. The Bertz CT molecular complexity index is 913. The zero-order chi connectivity index (χ0) is 25.6. The number of carbonyl (C=O) groups is 2. The number of hydrogen-bond donors (Lipinski definition) is 2. The Morgan fingerprint density at radius 1 is 1.31 bits per heavy atom. The van der Waals surface area contributed by atoms with E-state index in [1.54, 1.807) is 0 Å². The molecular weight excluding hydrogens is 442 g/mol. The van der Waals surface area contributed by atoms with Crippen molar-refractivity contribution in [2.45, 2.75) is 65.3 Å². The summed E-state index contributed by atoms with van der Waals surface area (Å²) >= 11 is 0. The second-order valence-electron chi connectivity index (χ2n) is 10.6. The molecule has 1 fully saturated rings. The zero-order valence-corrected chi connectivity index (χ0v) is 21.8. The van der Waals surface area contributed by atoms with Gasteiger partial charge in [0.1, 0.15) is 5.75 Å². The number of hydrogen-bond acceptors (Lipinski definition) is 5. The minimum Gasteiger partial charge on any atom is -0.493 e. The number of carbonyl (C=O) groups excluding carboxylic acids is 1. The molecule has 35 heavy (non-hydrogen) atoms. The van der Waals surface area contributed by atoms with Crippen LogP contribution in [0.1, 0.15) is 64.0 Å². The van der Waals surface area contributed by atoms with Crippen LogP contribution in [-0.4, -0.2) is 72.2 Å². The van der Waals surface area contributed by atoms with Crippen molar-refractivity contribution >= 4 is 11.9 Å². The standard InChI is InChI=1S/C28H43N3O4/c1-5-7-13-30(14-12-29)25(32)19-31-18-22(20-8-9-24-21(16-20)10-15-35-24)26(27(33)34)23(31)17-28(3,4)11-6-2/h6,8-9,11,16,22-23,26H,5,7,10,12-15,17-19,29H2,1-4H3,(H,33,34)/t22-,23+,26?/m1/s1. The maximum Gasteiger partial charge on any atom is 0.308 e. The summed E-state index contributed by atoms with van der Waals surface area (Å²) in [5.74, 6) is -0.648.